The van der Waals surface area contributed by atoms with Crippen LogP contribution in [0, 0.1) is 0 Å². The number of hydrogen-bond donors (Lipinski definition) is 1. The molecule has 0 radical (unpaired) electrons. The molecule has 0 bridgehead atoms. The molecule has 1 saturated heterocycles. The second-order valence-corrected chi connectivity index (χ2v) is 3.12. The molecule has 1 aliphatic heterocycles. The summed E-state index contributed by atoms with van der Waals surface area (Å²) in [6.45, 7) is 1.88. The van der Waals surface area contributed by atoms with Gasteiger partial charge in [0.25, 0.3) is 0 Å². The first-order valence-electron chi connectivity index (χ1n) is 4.14. The second-order valence-electron chi connectivity index (χ2n) is 3.12. The van der Waals surface area contributed by atoms with Crippen LogP contribution in [0.25, 0.3) is 0 Å². The Kier molecular flexibility index (Phi) is 3.05. The molecule has 1 heterocycles. The molecule has 3 atom stereocenters. The average Bonchev–Trinajstić information content (AvgIpc) is 2.51. The Labute approximate surface area is 72.0 Å². The molecule has 1 rings (SSSR count). The van der Waals surface area contributed by atoms with Crippen molar-refractivity contribution in [3.8, 4) is 0 Å². The van der Waals surface area contributed by atoms with Gasteiger partial charge in [-0.05, 0) is 19.8 Å². The molecule has 2 N–H and O–H groups in total. The van der Waals surface area contributed by atoms with Gasteiger partial charge in [0, 0.05) is 6.04 Å². The largest absolute Gasteiger partial charge is 0.467 e. The van der Waals surface area contributed by atoms with E-state index in [0.29, 0.717) is 0 Å². The van der Waals surface area contributed by atoms with Gasteiger partial charge in [0.1, 0.15) is 0 Å². The van der Waals surface area contributed by atoms with Gasteiger partial charge in [-0.15, -0.1) is 0 Å². The standard InChI is InChI=1S/C8H15NO3/c1-5(9)6-3-4-7(12-6)8(10)11-2/h5-7H,3-4,9H2,1-2H3/t5-,6+,7+/m0/s1. The monoisotopic (exact) mass is 173 g/mol. The first kappa shape index (κ1) is 9.48. The molecule has 1 fully saturated rings. The van der Waals surface area contributed by atoms with Gasteiger partial charge >= 0.3 is 5.97 Å². The molecule has 70 valence electrons. The van der Waals surface area contributed by atoms with Crippen LogP contribution < -0.4 is 5.73 Å². The maximum absolute atomic E-state index is 11.0. The van der Waals surface area contributed by atoms with Crippen LogP contribution in [0.3, 0.4) is 0 Å². The van der Waals surface area contributed by atoms with Crippen LogP contribution in [0.5, 0.6) is 0 Å². The maximum atomic E-state index is 11.0. The number of rotatable bonds is 2. The Morgan fingerprint density at radius 3 is 2.75 bits per heavy atom. The zero-order valence-electron chi connectivity index (χ0n) is 7.45. The van der Waals surface area contributed by atoms with E-state index < -0.39 is 6.10 Å². The van der Waals surface area contributed by atoms with Gasteiger partial charge in [-0.2, -0.15) is 0 Å². The summed E-state index contributed by atoms with van der Waals surface area (Å²) in [6, 6.07) is -0.0142. The fourth-order valence-electron chi connectivity index (χ4n) is 1.35. The molecule has 0 amide bonds. The van der Waals surface area contributed by atoms with E-state index in [0.717, 1.165) is 12.8 Å². The van der Waals surface area contributed by atoms with Crippen LogP contribution >= 0.6 is 0 Å². The average molecular weight is 173 g/mol. The van der Waals surface area contributed by atoms with Crippen molar-refractivity contribution in [3.05, 3.63) is 0 Å². The summed E-state index contributed by atoms with van der Waals surface area (Å²) in [4.78, 5) is 11.0. The second kappa shape index (κ2) is 3.87. The van der Waals surface area contributed by atoms with E-state index in [1.54, 1.807) is 0 Å². The lowest BCUT2D eigenvalue weighted by Gasteiger charge is -2.14. The van der Waals surface area contributed by atoms with Crippen LogP contribution in [0.1, 0.15) is 19.8 Å². The van der Waals surface area contributed by atoms with Gasteiger partial charge < -0.3 is 15.2 Å². The summed E-state index contributed by atoms with van der Waals surface area (Å²) in [5.74, 6) is -0.293. The van der Waals surface area contributed by atoms with Gasteiger partial charge in [-0.3, -0.25) is 0 Å². The molecule has 0 aromatic rings. The molecule has 4 nitrogen and oxygen atoms in total. The number of carbonyl (C=O) groups is 1. The van der Waals surface area contributed by atoms with Crippen LogP contribution in [-0.4, -0.2) is 31.3 Å². The Hall–Kier alpha value is -0.610. The van der Waals surface area contributed by atoms with Crippen molar-refractivity contribution in [1.82, 2.24) is 0 Å². The third-order valence-corrected chi connectivity index (χ3v) is 2.10. The highest BCUT2D eigenvalue weighted by atomic mass is 16.6. The van der Waals surface area contributed by atoms with Gasteiger partial charge in [0.15, 0.2) is 6.10 Å². The number of methoxy groups -OCH3 is 1. The van der Waals surface area contributed by atoms with Crippen molar-refractivity contribution >= 4 is 5.97 Å². The first-order chi connectivity index (χ1) is 5.65. The van der Waals surface area contributed by atoms with Crippen molar-refractivity contribution < 1.29 is 14.3 Å². The molecule has 0 spiro atoms. The lowest BCUT2D eigenvalue weighted by Crippen LogP contribution is -2.33. The van der Waals surface area contributed by atoms with Gasteiger partial charge in [-0.25, -0.2) is 4.79 Å². The van der Waals surface area contributed by atoms with E-state index in [1.807, 2.05) is 6.92 Å². The summed E-state index contributed by atoms with van der Waals surface area (Å²) in [5, 5.41) is 0. The number of nitrogens with two attached hydrogens (primary N) is 1. The van der Waals surface area contributed by atoms with E-state index in [2.05, 4.69) is 4.74 Å². The zero-order chi connectivity index (χ0) is 9.14. The lowest BCUT2D eigenvalue weighted by molar-refractivity contribution is -0.153. The molecule has 0 aromatic heterocycles. The minimum absolute atomic E-state index is 0.00843. The Morgan fingerprint density at radius 1 is 1.67 bits per heavy atom. The van der Waals surface area contributed by atoms with Crippen molar-refractivity contribution in [3.63, 3.8) is 0 Å². The van der Waals surface area contributed by atoms with E-state index >= 15 is 0 Å². The number of ether oxygens (including phenoxy) is 2. The van der Waals surface area contributed by atoms with Gasteiger partial charge in [-0.1, -0.05) is 0 Å². The number of carbonyl (C=O) groups excluding carboxylic acids is 1. The predicted octanol–water partition coefficient (Wildman–Crippen LogP) is 0.0542. The van der Waals surface area contributed by atoms with Crippen molar-refractivity contribution in [1.29, 1.82) is 0 Å². The van der Waals surface area contributed by atoms with Gasteiger partial charge in [0.2, 0.25) is 0 Å². The molecule has 4 heteroatoms. The fraction of sp³-hybridized carbons (Fsp3) is 0.875. The molecular weight excluding hydrogens is 158 g/mol. The first-order valence-corrected chi connectivity index (χ1v) is 4.14. The SMILES string of the molecule is COC(=O)[C@H]1CC[C@H]([C@H](C)N)O1. The molecular formula is C8H15NO3. The number of hydrogen-bond acceptors (Lipinski definition) is 4. The molecule has 12 heavy (non-hydrogen) atoms. The van der Waals surface area contributed by atoms with E-state index in [4.69, 9.17) is 10.5 Å². The van der Waals surface area contributed by atoms with Crippen LogP contribution in [0.4, 0.5) is 0 Å². The van der Waals surface area contributed by atoms with Crippen molar-refractivity contribution in [2.45, 2.75) is 38.0 Å². The summed E-state index contributed by atoms with van der Waals surface area (Å²) in [6.07, 6.45) is 1.18. The quantitative estimate of drug-likeness (QED) is 0.599. The number of esters is 1. The lowest BCUT2D eigenvalue weighted by atomic mass is 10.1. The Morgan fingerprint density at radius 2 is 2.33 bits per heavy atom. The summed E-state index contributed by atoms with van der Waals surface area (Å²) in [5.41, 5.74) is 5.62. The summed E-state index contributed by atoms with van der Waals surface area (Å²) >= 11 is 0. The van der Waals surface area contributed by atoms with Crippen LogP contribution in [-0.2, 0) is 14.3 Å². The molecule has 0 unspecified atom stereocenters. The molecule has 0 aromatic carbocycles. The highest BCUT2D eigenvalue weighted by molar-refractivity contribution is 5.74. The highest BCUT2D eigenvalue weighted by Crippen LogP contribution is 2.21. The normalized spacial score (nSPS) is 31.6. The summed E-state index contributed by atoms with van der Waals surface area (Å²) in [7, 11) is 1.37. The van der Waals surface area contributed by atoms with Crippen molar-refractivity contribution in [2.24, 2.45) is 5.73 Å². The fourth-order valence-corrected chi connectivity index (χ4v) is 1.35. The molecule has 1 aliphatic rings. The van der Waals surface area contributed by atoms with Gasteiger partial charge in [0.05, 0.1) is 13.2 Å². The predicted molar refractivity (Wildman–Crippen MR) is 43.6 cm³/mol. The van der Waals surface area contributed by atoms with E-state index in [-0.39, 0.29) is 18.1 Å². The van der Waals surface area contributed by atoms with Crippen LogP contribution in [0.2, 0.25) is 0 Å². The van der Waals surface area contributed by atoms with E-state index in [9.17, 15) is 4.79 Å². The minimum atomic E-state index is -0.397. The van der Waals surface area contributed by atoms with Crippen LogP contribution in [0.15, 0.2) is 0 Å². The smallest absolute Gasteiger partial charge is 0.334 e. The minimum Gasteiger partial charge on any atom is -0.467 e. The zero-order valence-corrected chi connectivity index (χ0v) is 7.45. The molecule has 0 aliphatic carbocycles. The topological polar surface area (TPSA) is 61.5 Å². The highest BCUT2D eigenvalue weighted by Gasteiger charge is 2.32. The third kappa shape index (κ3) is 1.95. The third-order valence-electron chi connectivity index (χ3n) is 2.10. The van der Waals surface area contributed by atoms with Crippen molar-refractivity contribution in [2.75, 3.05) is 7.11 Å². The Bertz CT molecular complexity index is 170. The maximum Gasteiger partial charge on any atom is 0.334 e. The molecule has 0 saturated carbocycles. The van der Waals surface area contributed by atoms with E-state index in [1.165, 1.54) is 7.11 Å². The Balaban J connectivity index is 2.40. The summed E-state index contributed by atoms with van der Waals surface area (Å²) < 4.78 is 9.93.